The predicted molar refractivity (Wildman–Crippen MR) is 123 cm³/mol. The highest BCUT2D eigenvalue weighted by atomic mass is 32.2. The molecule has 0 amide bonds. The molecule has 0 saturated heterocycles. The van der Waals surface area contributed by atoms with Crippen molar-refractivity contribution in [3.8, 4) is 11.8 Å². The van der Waals surface area contributed by atoms with Crippen molar-refractivity contribution in [1.29, 1.82) is 0 Å². The third-order valence-electron chi connectivity index (χ3n) is 5.03. The summed E-state index contributed by atoms with van der Waals surface area (Å²) >= 11 is 0. The minimum atomic E-state index is -3.16. The van der Waals surface area contributed by atoms with Gasteiger partial charge in [0.25, 0.3) is 0 Å². The summed E-state index contributed by atoms with van der Waals surface area (Å²) < 4.78 is 23.1. The number of benzene rings is 4. The molecule has 0 aliphatic heterocycles. The van der Waals surface area contributed by atoms with Crippen LogP contribution in [0.25, 0.3) is 10.8 Å². The molecule has 0 fully saturated rings. The smallest absolute Gasteiger partial charge is 0.175 e. The van der Waals surface area contributed by atoms with Crippen LogP contribution in [0.3, 0.4) is 0 Å². The van der Waals surface area contributed by atoms with Crippen molar-refractivity contribution >= 4 is 20.6 Å². The van der Waals surface area contributed by atoms with Crippen LogP contribution in [-0.4, -0.2) is 14.7 Å². The maximum atomic E-state index is 11.5. The fraction of sp³-hybridized carbons (Fsp3) is 0.111. The van der Waals surface area contributed by atoms with Crippen LogP contribution >= 0.6 is 0 Å². The Labute approximate surface area is 178 Å². The SMILES string of the molecule is CS(=O)(=O)c1ccc(CC#Cc2ccc3ccc(Cc4ccccc4)cc3c2)cc1. The van der Waals surface area contributed by atoms with E-state index < -0.39 is 9.84 Å². The third kappa shape index (κ3) is 4.97. The molecule has 30 heavy (non-hydrogen) atoms. The quantitative estimate of drug-likeness (QED) is 0.421. The molecule has 2 nitrogen and oxygen atoms in total. The summed E-state index contributed by atoms with van der Waals surface area (Å²) in [4.78, 5) is 0.333. The van der Waals surface area contributed by atoms with Crippen molar-refractivity contribution in [3.63, 3.8) is 0 Å². The Hall–Kier alpha value is -3.35. The zero-order valence-corrected chi connectivity index (χ0v) is 17.6. The van der Waals surface area contributed by atoms with Gasteiger partial charge in [0, 0.05) is 18.2 Å². The average molecular weight is 411 g/mol. The molecule has 148 valence electrons. The number of fused-ring (bicyclic) bond motifs is 1. The number of hydrogen-bond acceptors (Lipinski definition) is 2. The number of hydrogen-bond donors (Lipinski definition) is 0. The topological polar surface area (TPSA) is 34.1 Å². The van der Waals surface area contributed by atoms with Crippen molar-refractivity contribution in [2.24, 2.45) is 0 Å². The van der Waals surface area contributed by atoms with Crippen molar-refractivity contribution in [2.75, 3.05) is 6.26 Å². The van der Waals surface area contributed by atoms with Crippen molar-refractivity contribution in [2.45, 2.75) is 17.7 Å². The van der Waals surface area contributed by atoms with Crippen LogP contribution < -0.4 is 0 Å². The molecule has 4 aromatic carbocycles. The molecule has 0 aliphatic rings. The Kier molecular flexibility index (Phi) is 5.70. The Morgan fingerprint density at radius 1 is 0.700 bits per heavy atom. The van der Waals surface area contributed by atoms with Gasteiger partial charge < -0.3 is 0 Å². The molecule has 0 aliphatic carbocycles. The van der Waals surface area contributed by atoms with Crippen LogP contribution in [-0.2, 0) is 22.7 Å². The van der Waals surface area contributed by atoms with Gasteiger partial charge in [-0.05, 0) is 58.1 Å². The molecule has 0 saturated carbocycles. The fourth-order valence-corrected chi connectivity index (χ4v) is 4.05. The molecule has 0 bridgehead atoms. The molecule has 0 radical (unpaired) electrons. The maximum absolute atomic E-state index is 11.5. The Morgan fingerprint density at radius 2 is 1.40 bits per heavy atom. The Morgan fingerprint density at radius 3 is 2.13 bits per heavy atom. The third-order valence-corrected chi connectivity index (χ3v) is 6.16. The highest BCUT2D eigenvalue weighted by Crippen LogP contribution is 2.20. The molecule has 4 aromatic rings. The molecular weight excluding hydrogens is 388 g/mol. The van der Waals surface area contributed by atoms with Crippen molar-refractivity contribution in [3.05, 3.63) is 113 Å². The maximum Gasteiger partial charge on any atom is 0.175 e. The van der Waals surface area contributed by atoms with E-state index in [1.165, 1.54) is 28.2 Å². The highest BCUT2D eigenvalue weighted by Gasteiger charge is 2.05. The van der Waals surface area contributed by atoms with Gasteiger partial charge in [0.05, 0.1) is 4.90 Å². The van der Waals surface area contributed by atoms with Gasteiger partial charge in [0.15, 0.2) is 9.84 Å². The lowest BCUT2D eigenvalue weighted by molar-refractivity contribution is 0.602. The first-order valence-corrected chi connectivity index (χ1v) is 11.7. The first-order chi connectivity index (χ1) is 14.5. The van der Waals surface area contributed by atoms with Gasteiger partial charge in [-0.1, -0.05) is 78.6 Å². The van der Waals surface area contributed by atoms with Crippen LogP contribution in [0, 0.1) is 11.8 Å². The van der Waals surface area contributed by atoms with E-state index in [1.54, 1.807) is 12.1 Å². The second-order valence-electron chi connectivity index (χ2n) is 7.45. The minimum absolute atomic E-state index is 0.333. The molecule has 0 N–H and O–H groups in total. The van der Waals surface area contributed by atoms with E-state index in [-0.39, 0.29) is 0 Å². The summed E-state index contributed by atoms with van der Waals surface area (Å²) in [5.41, 5.74) is 4.56. The molecule has 0 aromatic heterocycles. The Bertz CT molecular complexity index is 1340. The molecule has 4 rings (SSSR count). The zero-order chi connectivity index (χ0) is 21.0. The van der Waals surface area contributed by atoms with Crippen LogP contribution in [0.15, 0.2) is 95.9 Å². The van der Waals surface area contributed by atoms with Crippen LogP contribution in [0.5, 0.6) is 0 Å². The van der Waals surface area contributed by atoms with Gasteiger partial charge in [-0.3, -0.25) is 0 Å². The second-order valence-corrected chi connectivity index (χ2v) is 9.47. The molecule has 0 unspecified atom stereocenters. The van der Waals surface area contributed by atoms with Crippen LogP contribution in [0.4, 0.5) is 0 Å². The molecule has 0 heterocycles. The minimum Gasteiger partial charge on any atom is -0.224 e. The van der Waals surface area contributed by atoms with E-state index in [0.717, 1.165) is 17.5 Å². The van der Waals surface area contributed by atoms with Gasteiger partial charge in [0.2, 0.25) is 0 Å². The summed E-state index contributed by atoms with van der Waals surface area (Å²) in [7, 11) is -3.16. The highest BCUT2D eigenvalue weighted by molar-refractivity contribution is 7.90. The fourth-order valence-electron chi connectivity index (χ4n) is 3.42. The van der Waals surface area contributed by atoms with Gasteiger partial charge >= 0.3 is 0 Å². The second kappa shape index (κ2) is 8.57. The number of rotatable bonds is 4. The summed E-state index contributed by atoms with van der Waals surface area (Å²) in [6.07, 6.45) is 2.71. The Balaban J connectivity index is 1.51. The zero-order valence-electron chi connectivity index (χ0n) is 16.8. The molecular formula is C27H22O2S. The van der Waals surface area contributed by atoms with Crippen molar-refractivity contribution < 1.29 is 8.42 Å². The first kappa shape index (κ1) is 19.9. The predicted octanol–water partition coefficient (Wildman–Crippen LogP) is 5.43. The van der Waals surface area contributed by atoms with Gasteiger partial charge in [0.1, 0.15) is 0 Å². The van der Waals surface area contributed by atoms with E-state index in [2.05, 4.69) is 66.4 Å². The lowest BCUT2D eigenvalue weighted by atomic mass is 10.00. The van der Waals surface area contributed by atoms with E-state index in [4.69, 9.17) is 0 Å². The van der Waals surface area contributed by atoms with Gasteiger partial charge in [-0.25, -0.2) is 8.42 Å². The lowest BCUT2D eigenvalue weighted by Crippen LogP contribution is -1.96. The van der Waals surface area contributed by atoms with E-state index in [9.17, 15) is 8.42 Å². The molecule has 0 atom stereocenters. The molecule has 3 heteroatoms. The molecule has 0 spiro atoms. The van der Waals surface area contributed by atoms with E-state index in [1.807, 2.05) is 24.3 Å². The normalized spacial score (nSPS) is 11.1. The van der Waals surface area contributed by atoms with Gasteiger partial charge in [-0.2, -0.15) is 0 Å². The summed E-state index contributed by atoms with van der Waals surface area (Å²) in [6.45, 7) is 0. The van der Waals surface area contributed by atoms with Crippen LogP contribution in [0.1, 0.15) is 22.3 Å². The summed E-state index contributed by atoms with van der Waals surface area (Å²) in [5, 5.41) is 2.39. The largest absolute Gasteiger partial charge is 0.224 e. The average Bonchev–Trinajstić information content (AvgIpc) is 2.74. The monoisotopic (exact) mass is 410 g/mol. The summed E-state index contributed by atoms with van der Waals surface area (Å²) in [6, 6.07) is 30.2. The lowest BCUT2D eigenvalue weighted by Gasteiger charge is -2.05. The standard InChI is InChI=1S/C27H22O2S/c1-30(28,29)27-16-12-21(13-17-27)8-5-9-23-10-14-25-15-11-24(20-26(25)19-23)18-22-6-3-2-4-7-22/h2-4,6-7,10-17,19-20H,8,18H2,1H3. The van der Waals surface area contributed by atoms with Gasteiger partial charge in [-0.15, -0.1) is 0 Å². The van der Waals surface area contributed by atoms with E-state index >= 15 is 0 Å². The number of sulfone groups is 1. The van der Waals surface area contributed by atoms with Crippen molar-refractivity contribution in [1.82, 2.24) is 0 Å². The first-order valence-electron chi connectivity index (χ1n) is 9.82. The van der Waals surface area contributed by atoms with Crippen LogP contribution in [0.2, 0.25) is 0 Å². The van der Waals surface area contributed by atoms with E-state index in [0.29, 0.717) is 11.3 Å². The summed E-state index contributed by atoms with van der Waals surface area (Å²) in [5.74, 6) is 6.43.